The zero-order chi connectivity index (χ0) is 14.8. The second kappa shape index (κ2) is 6.38. The van der Waals surface area contributed by atoms with E-state index in [2.05, 4.69) is 39.8 Å². The van der Waals surface area contributed by atoms with E-state index in [0.717, 1.165) is 11.8 Å². The van der Waals surface area contributed by atoms with E-state index in [0.29, 0.717) is 10.8 Å². The minimum Gasteiger partial charge on any atom is -0.309 e. The van der Waals surface area contributed by atoms with E-state index >= 15 is 0 Å². The normalized spacial score (nSPS) is 38.7. The molecule has 0 radical (unpaired) electrons. The van der Waals surface area contributed by atoms with Crippen LogP contribution in [0.2, 0.25) is 0 Å². The summed E-state index contributed by atoms with van der Waals surface area (Å²) in [5.74, 6) is 1.93. The zero-order valence-corrected chi connectivity index (χ0v) is 14.7. The number of hydrogen-bond acceptors (Lipinski definition) is 1. The summed E-state index contributed by atoms with van der Waals surface area (Å²) in [4.78, 5) is 2.39. The lowest BCUT2D eigenvalue weighted by Crippen LogP contribution is -2.32. The van der Waals surface area contributed by atoms with Gasteiger partial charge in [0.1, 0.15) is 0 Å². The predicted molar refractivity (Wildman–Crippen MR) is 89.0 cm³/mol. The predicted octanol–water partition coefficient (Wildman–Crippen LogP) is 5.35. The molecule has 2 rings (SSSR count). The van der Waals surface area contributed by atoms with Crippen molar-refractivity contribution in [3.05, 3.63) is 0 Å². The van der Waals surface area contributed by atoms with Gasteiger partial charge in [-0.05, 0) is 81.7 Å². The Bertz CT molecular complexity index is 307. The molecule has 0 heterocycles. The van der Waals surface area contributed by atoms with Gasteiger partial charge in [0.15, 0.2) is 0 Å². The highest BCUT2D eigenvalue weighted by Crippen LogP contribution is 2.52. The lowest BCUT2D eigenvalue weighted by Gasteiger charge is -2.42. The standard InChI is InChI=1S/C19H37N/c1-18(2)11-7-12-19(3)13-10-16(15-20(4)5)8-6-9-17(19)14-18/h16-17H,6-15H2,1-5H3. The molecule has 2 aliphatic carbocycles. The number of rotatable bonds is 2. The summed E-state index contributed by atoms with van der Waals surface area (Å²) in [6.07, 6.45) is 13.2. The molecule has 0 aromatic heterocycles. The molecule has 0 bridgehead atoms. The molecule has 0 amide bonds. The van der Waals surface area contributed by atoms with Gasteiger partial charge in [-0.25, -0.2) is 0 Å². The minimum atomic E-state index is 0.588. The Morgan fingerprint density at radius 2 is 1.65 bits per heavy atom. The summed E-state index contributed by atoms with van der Waals surface area (Å²) in [6, 6.07) is 0. The van der Waals surface area contributed by atoms with Crippen LogP contribution in [0.1, 0.15) is 78.6 Å². The maximum Gasteiger partial charge on any atom is 0.000356 e. The smallest absolute Gasteiger partial charge is 0.000356 e. The lowest BCUT2D eigenvalue weighted by atomic mass is 9.64. The van der Waals surface area contributed by atoms with E-state index in [9.17, 15) is 0 Å². The fourth-order valence-electron chi connectivity index (χ4n) is 5.00. The number of nitrogens with zero attached hydrogens (tertiary/aromatic N) is 1. The van der Waals surface area contributed by atoms with Gasteiger partial charge in [-0.2, -0.15) is 0 Å². The number of hydrogen-bond donors (Lipinski definition) is 0. The molecule has 1 heteroatoms. The van der Waals surface area contributed by atoms with Gasteiger partial charge in [0.25, 0.3) is 0 Å². The summed E-state index contributed by atoms with van der Waals surface area (Å²) >= 11 is 0. The summed E-state index contributed by atoms with van der Waals surface area (Å²) in [5, 5.41) is 0. The van der Waals surface area contributed by atoms with E-state index in [1.165, 1.54) is 64.3 Å². The largest absolute Gasteiger partial charge is 0.309 e. The van der Waals surface area contributed by atoms with Crippen LogP contribution in [0.5, 0.6) is 0 Å². The van der Waals surface area contributed by atoms with Gasteiger partial charge in [-0.15, -0.1) is 0 Å². The van der Waals surface area contributed by atoms with Crippen molar-refractivity contribution in [3.8, 4) is 0 Å². The van der Waals surface area contributed by atoms with E-state index in [1.54, 1.807) is 0 Å². The van der Waals surface area contributed by atoms with E-state index in [1.807, 2.05) is 0 Å². The van der Waals surface area contributed by atoms with Crippen LogP contribution in [0.25, 0.3) is 0 Å². The lowest BCUT2D eigenvalue weighted by molar-refractivity contribution is 0.0895. The Morgan fingerprint density at radius 1 is 0.900 bits per heavy atom. The monoisotopic (exact) mass is 279 g/mol. The minimum absolute atomic E-state index is 0.588. The molecule has 0 spiro atoms. The third kappa shape index (κ3) is 4.23. The third-order valence-corrected chi connectivity index (χ3v) is 6.30. The molecule has 0 saturated heterocycles. The van der Waals surface area contributed by atoms with Crippen molar-refractivity contribution in [1.29, 1.82) is 0 Å². The summed E-state index contributed by atoms with van der Waals surface area (Å²) in [5.41, 5.74) is 1.23. The molecule has 0 N–H and O–H groups in total. The topological polar surface area (TPSA) is 3.24 Å². The molecular formula is C19H37N. The first-order chi connectivity index (χ1) is 9.31. The molecule has 0 aromatic carbocycles. The third-order valence-electron chi connectivity index (χ3n) is 6.30. The quantitative estimate of drug-likeness (QED) is 0.658. The molecule has 0 aliphatic heterocycles. The van der Waals surface area contributed by atoms with E-state index in [4.69, 9.17) is 0 Å². The van der Waals surface area contributed by atoms with Crippen LogP contribution in [0.4, 0.5) is 0 Å². The molecule has 3 atom stereocenters. The second-order valence-electron chi connectivity index (χ2n) is 9.17. The first-order valence-electron chi connectivity index (χ1n) is 8.95. The Morgan fingerprint density at radius 3 is 2.35 bits per heavy atom. The fourth-order valence-corrected chi connectivity index (χ4v) is 5.00. The van der Waals surface area contributed by atoms with Gasteiger partial charge >= 0.3 is 0 Å². The molecule has 3 unspecified atom stereocenters. The molecular weight excluding hydrogens is 242 g/mol. The first kappa shape index (κ1) is 16.3. The second-order valence-corrected chi connectivity index (χ2v) is 9.17. The molecule has 2 aliphatic rings. The van der Waals surface area contributed by atoms with Crippen molar-refractivity contribution in [3.63, 3.8) is 0 Å². The SMILES string of the molecule is CN(C)CC1CCCC2CC(C)(C)CCCC2(C)CC1. The van der Waals surface area contributed by atoms with Crippen molar-refractivity contribution < 1.29 is 0 Å². The molecule has 118 valence electrons. The van der Waals surface area contributed by atoms with Crippen molar-refractivity contribution in [2.45, 2.75) is 78.6 Å². The maximum absolute atomic E-state index is 2.62. The highest BCUT2D eigenvalue weighted by molar-refractivity contribution is 4.91. The van der Waals surface area contributed by atoms with Crippen LogP contribution < -0.4 is 0 Å². The molecule has 2 fully saturated rings. The average molecular weight is 280 g/mol. The highest BCUT2D eigenvalue weighted by Gasteiger charge is 2.40. The average Bonchev–Trinajstić information content (AvgIpc) is 2.41. The Kier molecular flexibility index (Phi) is 5.21. The van der Waals surface area contributed by atoms with Gasteiger partial charge in [0.05, 0.1) is 0 Å². The zero-order valence-electron chi connectivity index (χ0n) is 14.7. The van der Waals surface area contributed by atoms with E-state index < -0.39 is 0 Å². The van der Waals surface area contributed by atoms with Crippen LogP contribution in [0.15, 0.2) is 0 Å². The summed E-state index contributed by atoms with van der Waals surface area (Å²) in [7, 11) is 4.47. The Hall–Kier alpha value is -0.0400. The van der Waals surface area contributed by atoms with Gasteiger partial charge in [0, 0.05) is 6.54 Å². The molecule has 0 aromatic rings. The summed E-state index contributed by atoms with van der Waals surface area (Å²) < 4.78 is 0. The van der Waals surface area contributed by atoms with Crippen molar-refractivity contribution >= 4 is 0 Å². The maximum atomic E-state index is 2.62. The van der Waals surface area contributed by atoms with Gasteiger partial charge in [0.2, 0.25) is 0 Å². The molecule has 1 nitrogen and oxygen atoms in total. The molecule has 20 heavy (non-hydrogen) atoms. The van der Waals surface area contributed by atoms with Gasteiger partial charge in [-0.1, -0.05) is 33.6 Å². The number of fused-ring (bicyclic) bond motifs is 1. The van der Waals surface area contributed by atoms with Gasteiger partial charge in [-0.3, -0.25) is 0 Å². The van der Waals surface area contributed by atoms with Crippen molar-refractivity contribution in [1.82, 2.24) is 4.90 Å². The highest BCUT2D eigenvalue weighted by atomic mass is 15.1. The van der Waals surface area contributed by atoms with Crippen molar-refractivity contribution in [2.24, 2.45) is 22.7 Å². The first-order valence-corrected chi connectivity index (χ1v) is 8.95. The van der Waals surface area contributed by atoms with Gasteiger partial charge < -0.3 is 4.90 Å². The Balaban J connectivity index is 2.04. The van der Waals surface area contributed by atoms with Crippen molar-refractivity contribution in [2.75, 3.05) is 20.6 Å². The van der Waals surface area contributed by atoms with Crippen LogP contribution in [0, 0.1) is 22.7 Å². The van der Waals surface area contributed by atoms with Crippen LogP contribution in [-0.4, -0.2) is 25.5 Å². The van der Waals surface area contributed by atoms with Crippen LogP contribution in [-0.2, 0) is 0 Å². The summed E-state index contributed by atoms with van der Waals surface area (Å²) in [6.45, 7) is 8.93. The fraction of sp³-hybridized carbons (Fsp3) is 1.00. The van der Waals surface area contributed by atoms with Crippen LogP contribution >= 0.6 is 0 Å². The Labute approximate surface area is 127 Å². The van der Waals surface area contributed by atoms with Crippen LogP contribution in [0.3, 0.4) is 0 Å². The van der Waals surface area contributed by atoms with E-state index in [-0.39, 0.29) is 0 Å². The molecule has 2 saturated carbocycles.